The third-order valence-corrected chi connectivity index (χ3v) is 4.69. The first-order valence-electron chi connectivity index (χ1n) is 8.14. The second-order valence-corrected chi connectivity index (χ2v) is 6.75. The summed E-state index contributed by atoms with van der Waals surface area (Å²) in [5, 5.41) is 0. The lowest BCUT2D eigenvalue weighted by Gasteiger charge is -2.42. The predicted molar refractivity (Wildman–Crippen MR) is 93.3 cm³/mol. The maximum atomic E-state index is 12.6. The highest BCUT2D eigenvalue weighted by atomic mass is 16.2. The quantitative estimate of drug-likeness (QED) is 0.759. The average Bonchev–Trinajstić information content (AvgIpc) is 2.60. The first kappa shape index (κ1) is 16.2. The molecule has 4 nitrogen and oxygen atoms in total. The number of amides is 1. The van der Waals surface area contributed by atoms with Crippen molar-refractivity contribution in [1.29, 1.82) is 0 Å². The van der Waals surface area contributed by atoms with E-state index in [0.29, 0.717) is 5.82 Å². The maximum Gasteiger partial charge on any atom is 0.233 e. The molecule has 2 aromatic rings. The van der Waals surface area contributed by atoms with Crippen LogP contribution in [0.3, 0.4) is 0 Å². The lowest BCUT2D eigenvalue weighted by molar-refractivity contribution is -0.140. The number of carbonyl (C=O) groups excluding carboxylic acids is 1. The van der Waals surface area contributed by atoms with Gasteiger partial charge < -0.3 is 4.90 Å². The van der Waals surface area contributed by atoms with Crippen molar-refractivity contribution in [2.24, 2.45) is 0 Å². The molecule has 0 bridgehead atoms. The number of hydrogen-bond donors (Lipinski definition) is 0. The Morgan fingerprint density at radius 3 is 2.38 bits per heavy atom. The van der Waals surface area contributed by atoms with Crippen LogP contribution in [0.1, 0.15) is 49.6 Å². The third kappa shape index (κ3) is 3.30. The Labute approximate surface area is 142 Å². The molecule has 1 fully saturated rings. The minimum Gasteiger partial charge on any atom is -0.340 e. The SMILES string of the molecule is CN1C(=O)[C@H](c2ncc(C#Cc3ccccc3)cn2)CCC1(C)C. The van der Waals surface area contributed by atoms with Gasteiger partial charge in [0.05, 0.1) is 11.5 Å². The van der Waals surface area contributed by atoms with E-state index in [9.17, 15) is 4.79 Å². The highest BCUT2D eigenvalue weighted by Crippen LogP contribution is 2.34. The van der Waals surface area contributed by atoms with Crippen LogP contribution in [-0.4, -0.2) is 33.4 Å². The summed E-state index contributed by atoms with van der Waals surface area (Å²) in [5.74, 6) is 6.57. The number of carbonyl (C=O) groups is 1. The minimum atomic E-state index is -0.251. The van der Waals surface area contributed by atoms with Crippen molar-refractivity contribution in [3.05, 3.63) is 59.7 Å². The Hall–Kier alpha value is -2.67. The van der Waals surface area contributed by atoms with E-state index in [2.05, 4.69) is 35.7 Å². The molecule has 0 N–H and O–H groups in total. The molecule has 0 saturated carbocycles. The number of hydrogen-bond acceptors (Lipinski definition) is 3. The molecule has 122 valence electrons. The van der Waals surface area contributed by atoms with E-state index < -0.39 is 0 Å². The lowest BCUT2D eigenvalue weighted by atomic mass is 9.84. The fraction of sp³-hybridized carbons (Fsp3) is 0.350. The second-order valence-electron chi connectivity index (χ2n) is 6.75. The Morgan fingerprint density at radius 1 is 1.08 bits per heavy atom. The van der Waals surface area contributed by atoms with E-state index in [0.717, 1.165) is 24.0 Å². The number of benzene rings is 1. The summed E-state index contributed by atoms with van der Waals surface area (Å²) in [6.45, 7) is 4.18. The molecule has 1 aromatic carbocycles. The monoisotopic (exact) mass is 319 g/mol. The topological polar surface area (TPSA) is 46.1 Å². The first-order chi connectivity index (χ1) is 11.5. The minimum absolute atomic E-state index is 0.0920. The van der Waals surface area contributed by atoms with Gasteiger partial charge in [0.2, 0.25) is 5.91 Å². The van der Waals surface area contributed by atoms with Crippen LogP contribution in [0, 0.1) is 11.8 Å². The fourth-order valence-electron chi connectivity index (χ4n) is 2.81. The molecule has 0 unspecified atom stereocenters. The van der Waals surface area contributed by atoms with Crippen molar-refractivity contribution in [2.45, 2.75) is 38.1 Å². The number of aromatic nitrogens is 2. The van der Waals surface area contributed by atoms with Gasteiger partial charge in [0, 0.05) is 30.5 Å². The maximum absolute atomic E-state index is 12.6. The van der Waals surface area contributed by atoms with E-state index in [1.165, 1.54) is 0 Å². The van der Waals surface area contributed by atoms with Crippen LogP contribution in [0.15, 0.2) is 42.7 Å². The predicted octanol–water partition coefficient (Wildman–Crippen LogP) is 2.99. The van der Waals surface area contributed by atoms with Crippen LogP contribution in [-0.2, 0) is 4.79 Å². The number of likely N-dealkylation sites (tertiary alicyclic amines) is 1. The number of rotatable bonds is 1. The van der Waals surface area contributed by atoms with Gasteiger partial charge >= 0.3 is 0 Å². The third-order valence-electron chi connectivity index (χ3n) is 4.69. The molecule has 3 rings (SSSR count). The Morgan fingerprint density at radius 2 is 1.71 bits per heavy atom. The summed E-state index contributed by atoms with van der Waals surface area (Å²) in [4.78, 5) is 23.1. The van der Waals surface area contributed by atoms with Crippen LogP contribution in [0.25, 0.3) is 0 Å². The molecule has 1 atom stereocenters. The van der Waals surface area contributed by atoms with Crippen molar-refractivity contribution in [3.63, 3.8) is 0 Å². The van der Waals surface area contributed by atoms with Crippen molar-refractivity contribution in [3.8, 4) is 11.8 Å². The largest absolute Gasteiger partial charge is 0.340 e. The number of nitrogens with zero attached hydrogens (tertiary/aromatic N) is 3. The normalized spacial score (nSPS) is 19.5. The summed E-state index contributed by atoms with van der Waals surface area (Å²) in [6.07, 6.45) is 5.13. The molecule has 0 aliphatic carbocycles. The molecule has 1 aromatic heterocycles. The van der Waals surface area contributed by atoms with E-state index in [-0.39, 0.29) is 17.4 Å². The molecule has 1 aliphatic rings. The summed E-state index contributed by atoms with van der Waals surface area (Å²) in [6, 6.07) is 9.79. The summed E-state index contributed by atoms with van der Waals surface area (Å²) < 4.78 is 0. The van der Waals surface area contributed by atoms with Gasteiger partial charge in [-0.05, 0) is 38.8 Å². The van der Waals surface area contributed by atoms with Gasteiger partial charge in [-0.1, -0.05) is 30.0 Å². The fourth-order valence-corrected chi connectivity index (χ4v) is 2.81. The second kappa shape index (κ2) is 6.45. The molecular weight excluding hydrogens is 298 g/mol. The number of likely N-dealkylation sites (N-methyl/N-ethyl adjacent to an activating group) is 1. The molecule has 24 heavy (non-hydrogen) atoms. The molecule has 1 aliphatic heterocycles. The highest BCUT2D eigenvalue weighted by Gasteiger charge is 2.39. The van der Waals surface area contributed by atoms with Gasteiger partial charge in [0.25, 0.3) is 0 Å². The van der Waals surface area contributed by atoms with Crippen molar-refractivity contribution in [2.75, 3.05) is 7.05 Å². The van der Waals surface area contributed by atoms with Crippen molar-refractivity contribution < 1.29 is 4.79 Å². The van der Waals surface area contributed by atoms with Gasteiger partial charge in [-0.15, -0.1) is 0 Å². The number of piperidine rings is 1. The molecule has 2 heterocycles. The van der Waals surface area contributed by atoms with Crippen LogP contribution >= 0.6 is 0 Å². The summed E-state index contributed by atoms with van der Waals surface area (Å²) >= 11 is 0. The van der Waals surface area contributed by atoms with Crippen LogP contribution < -0.4 is 0 Å². The van der Waals surface area contributed by atoms with Crippen molar-refractivity contribution in [1.82, 2.24) is 14.9 Å². The smallest absolute Gasteiger partial charge is 0.233 e. The van der Waals surface area contributed by atoms with Crippen molar-refractivity contribution >= 4 is 5.91 Å². The molecule has 1 saturated heterocycles. The van der Waals surface area contributed by atoms with E-state index >= 15 is 0 Å². The first-order valence-corrected chi connectivity index (χ1v) is 8.14. The van der Waals surface area contributed by atoms with E-state index in [4.69, 9.17) is 0 Å². The highest BCUT2D eigenvalue weighted by molar-refractivity contribution is 5.84. The zero-order valence-electron chi connectivity index (χ0n) is 14.3. The van der Waals surface area contributed by atoms with Gasteiger partial charge in [-0.2, -0.15) is 0 Å². The lowest BCUT2D eigenvalue weighted by Crippen LogP contribution is -2.51. The summed E-state index contributed by atoms with van der Waals surface area (Å²) in [7, 11) is 1.86. The Bertz CT molecular complexity index is 785. The van der Waals surface area contributed by atoms with Crippen LogP contribution in [0.2, 0.25) is 0 Å². The summed E-state index contributed by atoms with van der Waals surface area (Å²) in [5.41, 5.74) is 1.60. The molecule has 0 spiro atoms. The average molecular weight is 319 g/mol. The molecule has 1 amide bonds. The van der Waals surface area contributed by atoms with E-state index in [1.807, 2.05) is 42.3 Å². The zero-order valence-corrected chi connectivity index (χ0v) is 14.3. The van der Waals surface area contributed by atoms with Gasteiger partial charge in [0.1, 0.15) is 5.82 Å². The molecule has 0 radical (unpaired) electrons. The van der Waals surface area contributed by atoms with Crippen LogP contribution in [0.4, 0.5) is 0 Å². The van der Waals surface area contributed by atoms with E-state index in [1.54, 1.807) is 12.4 Å². The molecular formula is C20H21N3O. The van der Waals surface area contributed by atoms with Crippen LogP contribution in [0.5, 0.6) is 0 Å². The zero-order chi connectivity index (χ0) is 17.2. The Balaban J connectivity index is 1.76. The Kier molecular flexibility index (Phi) is 4.35. The standard InChI is InChI=1S/C20H21N3O/c1-20(2)12-11-17(19(24)23(20)3)18-21-13-16(14-22-18)10-9-15-7-5-4-6-8-15/h4-8,13-14,17H,11-12H2,1-3H3/t17-/m0/s1. The van der Waals surface area contributed by atoms with Gasteiger partial charge in [-0.25, -0.2) is 9.97 Å². The molecule has 4 heteroatoms. The van der Waals surface area contributed by atoms with Gasteiger partial charge in [-0.3, -0.25) is 4.79 Å². The van der Waals surface area contributed by atoms with Gasteiger partial charge in [0.15, 0.2) is 0 Å².